The molecule has 1 aliphatic carbocycles. The lowest BCUT2D eigenvalue weighted by atomic mass is 9.83. The number of likely N-dealkylation sites (N-methyl/N-ethyl adjacent to an activating group) is 1. The fourth-order valence-corrected chi connectivity index (χ4v) is 6.20. The molecule has 2 heterocycles. The van der Waals surface area contributed by atoms with E-state index in [1.807, 2.05) is 19.1 Å². The Balaban J connectivity index is 1.40. The number of hydrogen-bond acceptors (Lipinski definition) is 5. The van der Waals surface area contributed by atoms with Crippen LogP contribution < -0.4 is 15.4 Å². The predicted molar refractivity (Wildman–Crippen MR) is 138 cm³/mol. The largest absolute Gasteiger partial charge is 0.497 e. The second-order valence-electron chi connectivity index (χ2n) is 10.7. The summed E-state index contributed by atoms with van der Waals surface area (Å²) in [5.74, 6) is 1.79. The molecule has 0 radical (unpaired) electrons. The van der Waals surface area contributed by atoms with Gasteiger partial charge in [0.25, 0.3) is 0 Å². The van der Waals surface area contributed by atoms with Crippen molar-refractivity contribution in [2.45, 2.75) is 76.4 Å². The summed E-state index contributed by atoms with van der Waals surface area (Å²) in [6.07, 6.45) is 8.82. The number of carbonyl (C=O) groups is 2. The van der Waals surface area contributed by atoms with Gasteiger partial charge in [-0.25, -0.2) is 0 Å². The van der Waals surface area contributed by atoms with Crippen molar-refractivity contribution in [3.63, 3.8) is 0 Å². The third-order valence-electron chi connectivity index (χ3n) is 8.62. The number of carbonyl (C=O) groups excluding carboxylic acids is 2. The lowest BCUT2D eigenvalue weighted by molar-refractivity contribution is -0.140. The van der Waals surface area contributed by atoms with Crippen LogP contribution in [0, 0.1) is 11.8 Å². The number of likely N-dealkylation sites (tertiary alicyclic amines) is 2. The van der Waals surface area contributed by atoms with Crippen molar-refractivity contribution in [1.82, 2.24) is 20.4 Å². The van der Waals surface area contributed by atoms with Gasteiger partial charge in [-0.2, -0.15) is 0 Å². The highest BCUT2D eigenvalue weighted by Gasteiger charge is 2.44. The molecule has 1 aromatic carbocycles. The minimum absolute atomic E-state index is 0.0723. The topological polar surface area (TPSA) is 73.9 Å². The van der Waals surface area contributed by atoms with Crippen LogP contribution in [0.15, 0.2) is 24.3 Å². The van der Waals surface area contributed by atoms with Gasteiger partial charge in [-0.1, -0.05) is 31.4 Å². The van der Waals surface area contributed by atoms with Crippen molar-refractivity contribution in [3.8, 4) is 5.75 Å². The third-order valence-corrected chi connectivity index (χ3v) is 8.62. The molecule has 7 nitrogen and oxygen atoms in total. The number of nitrogens with zero attached hydrogens (tertiary/aromatic N) is 2. The highest BCUT2D eigenvalue weighted by Crippen LogP contribution is 2.34. The van der Waals surface area contributed by atoms with Crippen molar-refractivity contribution in [1.29, 1.82) is 0 Å². The van der Waals surface area contributed by atoms with Crippen LogP contribution in [0.5, 0.6) is 5.75 Å². The summed E-state index contributed by atoms with van der Waals surface area (Å²) in [7, 11) is 3.48. The van der Waals surface area contributed by atoms with Gasteiger partial charge in [0.15, 0.2) is 0 Å². The summed E-state index contributed by atoms with van der Waals surface area (Å²) in [4.78, 5) is 31.4. The standard InChI is InChI=1S/C28H44N4O3/c1-20(29-2)27(33)30-26(23-7-5-4-6-8-23)28(34)32-18-15-22-14-17-31(19-25(22)32)16-13-21-9-11-24(35-3)12-10-21/h9-12,20,22-23,25-26,29H,4-8,13-19H2,1-3H3,(H,30,33)/t20-,22?,25?,26-/m0/s1. The Bertz CT molecular complexity index is 839. The molecular weight excluding hydrogens is 440 g/mol. The Morgan fingerprint density at radius 2 is 1.77 bits per heavy atom. The third kappa shape index (κ3) is 6.36. The molecule has 1 aromatic rings. The molecular formula is C28H44N4O3. The second kappa shape index (κ2) is 12.2. The van der Waals surface area contributed by atoms with Crippen LogP contribution >= 0.6 is 0 Å². The van der Waals surface area contributed by atoms with Crippen LogP contribution in [0.1, 0.15) is 57.4 Å². The number of piperidine rings is 1. The number of hydrogen-bond donors (Lipinski definition) is 2. The fourth-order valence-electron chi connectivity index (χ4n) is 6.20. The number of amides is 2. The van der Waals surface area contributed by atoms with E-state index >= 15 is 0 Å². The normalized spacial score (nSPS) is 25.1. The lowest BCUT2D eigenvalue weighted by Crippen LogP contribution is -2.58. The van der Waals surface area contributed by atoms with Crippen LogP contribution in [-0.2, 0) is 16.0 Å². The van der Waals surface area contributed by atoms with Crippen LogP contribution in [-0.4, -0.2) is 80.1 Å². The first-order valence-electron chi connectivity index (χ1n) is 13.6. The summed E-state index contributed by atoms with van der Waals surface area (Å²) >= 11 is 0. The average Bonchev–Trinajstić information content (AvgIpc) is 3.33. The van der Waals surface area contributed by atoms with Gasteiger partial charge >= 0.3 is 0 Å². The Morgan fingerprint density at radius 3 is 2.46 bits per heavy atom. The number of fused-ring (bicyclic) bond motifs is 1. The van der Waals surface area contributed by atoms with Gasteiger partial charge in [0.2, 0.25) is 11.8 Å². The highest BCUT2D eigenvalue weighted by atomic mass is 16.5. The maximum absolute atomic E-state index is 14.0. The molecule has 0 bridgehead atoms. The molecule has 2 amide bonds. The van der Waals surface area contributed by atoms with Crippen LogP contribution in [0.2, 0.25) is 0 Å². The Kier molecular flexibility index (Phi) is 9.06. The van der Waals surface area contributed by atoms with Crippen molar-refractivity contribution in [3.05, 3.63) is 29.8 Å². The monoisotopic (exact) mass is 484 g/mol. The molecule has 4 atom stereocenters. The smallest absolute Gasteiger partial charge is 0.245 e. The van der Waals surface area contributed by atoms with Gasteiger partial charge in [0, 0.05) is 25.7 Å². The average molecular weight is 485 g/mol. The Labute approximate surface area is 210 Å². The zero-order chi connectivity index (χ0) is 24.8. The molecule has 0 spiro atoms. The molecule has 2 N–H and O–H groups in total. The number of benzene rings is 1. The van der Waals surface area contributed by atoms with Crippen molar-refractivity contribution >= 4 is 11.8 Å². The van der Waals surface area contributed by atoms with E-state index in [-0.39, 0.29) is 29.8 Å². The van der Waals surface area contributed by atoms with Crippen molar-refractivity contribution in [2.75, 3.05) is 40.3 Å². The first-order chi connectivity index (χ1) is 17.0. The lowest BCUT2D eigenvalue weighted by Gasteiger charge is -2.41. The van der Waals surface area contributed by atoms with E-state index in [0.717, 1.165) is 76.9 Å². The van der Waals surface area contributed by atoms with Crippen molar-refractivity contribution in [2.24, 2.45) is 11.8 Å². The van der Waals surface area contributed by atoms with Crippen molar-refractivity contribution < 1.29 is 14.3 Å². The van der Waals surface area contributed by atoms with Crippen LogP contribution in [0.4, 0.5) is 0 Å². The van der Waals surface area contributed by atoms with E-state index in [1.54, 1.807) is 14.2 Å². The maximum atomic E-state index is 14.0. The van der Waals surface area contributed by atoms with Crippen LogP contribution in [0.3, 0.4) is 0 Å². The number of rotatable bonds is 9. The maximum Gasteiger partial charge on any atom is 0.245 e. The van der Waals surface area contributed by atoms with Gasteiger partial charge in [0.1, 0.15) is 11.8 Å². The van der Waals surface area contributed by atoms with Gasteiger partial charge in [-0.05, 0) is 82.2 Å². The summed E-state index contributed by atoms with van der Waals surface area (Å²) in [6.45, 7) is 5.71. The molecule has 1 saturated carbocycles. The van der Waals surface area contributed by atoms with Gasteiger partial charge < -0.3 is 25.2 Å². The molecule has 3 aliphatic rings. The molecule has 3 fully saturated rings. The van der Waals surface area contributed by atoms with E-state index in [4.69, 9.17) is 4.74 Å². The summed E-state index contributed by atoms with van der Waals surface area (Å²) in [6, 6.07) is 7.88. The molecule has 0 aromatic heterocycles. The zero-order valence-corrected chi connectivity index (χ0v) is 21.8. The molecule has 7 heteroatoms. The summed E-state index contributed by atoms with van der Waals surface area (Å²) in [5.41, 5.74) is 1.31. The molecule has 35 heavy (non-hydrogen) atoms. The fraction of sp³-hybridized carbons (Fsp3) is 0.714. The Hall–Kier alpha value is -2.12. The molecule has 2 aliphatic heterocycles. The van der Waals surface area contributed by atoms with E-state index in [2.05, 4.69) is 32.6 Å². The highest BCUT2D eigenvalue weighted by molar-refractivity contribution is 5.90. The second-order valence-corrected chi connectivity index (χ2v) is 10.7. The molecule has 4 rings (SSSR count). The van der Waals surface area contributed by atoms with Gasteiger partial charge in [-0.3, -0.25) is 9.59 Å². The number of nitrogens with one attached hydrogen (secondary N) is 2. The number of methoxy groups -OCH3 is 1. The molecule has 2 unspecified atom stereocenters. The van der Waals surface area contributed by atoms with Crippen LogP contribution in [0.25, 0.3) is 0 Å². The zero-order valence-electron chi connectivity index (χ0n) is 21.8. The summed E-state index contributed by atoms with van der Waals surface area (Å²) < 4.78 is 5.27. The molecule has 2 saturated heterocycles. The quantitative estimate of drug-likeness (QED) is 0.564. The molecule has 194 valence electrons. The van der Waals surface area contributed by atoms with Gasteiger partial charge in [0.05, 0.1) is 13.2 Å². The summed E-state index contributed by atoms with van der Waals surface area (Å²) in [5, 5.41) is 6.18. The van der Waals surface area contributed by atoms with E-state index in [9.17, 15) is 9.59 Å². The van der Waals surface area contributed by atoms with E-state index in [1.165, 1.54) is 12.0 Å². The first kappa shape index (κ1) is 26.0. The van der Waals surface area contributed by atoms with E-state index < -0.39 is 6.04 Å². The minimum Gasteiger partial charge on any atom is -0.497 e. The SMILES string of the molecule is CN[C@@H](C)C(=O)N[C@H](C(=O)N1CCC2CCN(CCc3ccc(OC)cc3)CC21)C1CCCCC1. The van der Waals surface area contributed by atoms with E-state index in [0.29, 0.717) is 5.92 Å². The predicted octanol–water partition coefficient (Wildman–Crippen LogP) is 2.83. The Morgan fingerprint density at radius 1 is 1.06 bits per heavy atom. The van der Waals surface area contributed by atoms with Gasteiger partial charge in [-0.15, -0.1) is 0 Å². The first-order valence-corrected chi connectivity index (χ1v) is 13.6. The minimum atomic E-state index is -0.396. The number of ether oxygens (including phenoxy) is 1.